The molecule has 2 saturated heterocycles. The summed E-state index contributed by atoms with van der Waals surface area (Å²) in [5, 5.41) is 3.95. The molecule has 0 spiro atoms. The van der Waals surface area contributed by atoms with Crippen molar-refractivity contribution in [2.45, 2.75) is 40.9 Å². The first-order valence-corrected chi connectivity index (χ1v) is 12.3. The second kappa shape index (κ2) is 8.83. The maximum absolute atomic E-state index is 12.5. The average molecular weight is 442 g/mol. The summed E-state index contributed by atoms with van der Waals surface area (Å²) in [6.07, 6.45) is 1.68. The Hall–Kier alpha value is -1.67. The first-order valence-electron chi connectivity index (χ1n) is 10.7. The molecule has 158 valence electrons. The van der Waals surface area contributed by atoms with Crippen LogP contribution in [0, 0.1) is 0 Å². The van der Waals surface area contributed by atoms with Gasteiger partial charge in [-0.25, -0.2) is 4.31 Å². The van der Waals surface area contributed by atoms with Gasteiger partial charge in [-0.1, -0.05) is 41.9 Å². The molecule has 2 aromatic rings. The van der Waals surface area contributed by atoms with Crippen molar-refractivity contribution in [3.05, 3.63) is 48.0 Å². The Morgan fingerprint density at radius 2 is 1.93 bits per heavy atom. The Labute approximate surface area is 186 Å². The van der Waals surface area contributed by atoms with Crippen LogP contribution in [0.15, 0.2) is 52.3 Å². The van der Waals surface area contributed by atoms with Crippen LogP contribution in [0.2, 0.25) is 0 Å². The first-order chi connectivity index (χ1) is 14.7. The number of nitrogens with one attached hydrogen (secondary N) is 1. The number of piperazine rings is 1. The Morgan fingerprint density at radius 3 is 2.73 bits per heavy atom. The lowest BCUT2D eigenvalue weighted by molar-refractivity contribution is -0.142. The molecule has 3 aliphatic heterocycles. The highest BCUT2D eigenvalue weighted by Crippen LogP contribution is 2.45. The highest BCUT2D eigenvalue weighted by molar-refractivity contribution is 7.99. The van der Waals surface area contributed by atoms with E-state index in [0.717, 1.165) is 45.6 Å². The molecule has 0 aliphatic carbocycles. The van der Waals surface area contributed by atoms with Crippen LogP contribution in [-0.2, 0) is 9.53 Å². The van der Waals surface area contributed by atoms with E-state index in [1.165, 1.54) is 26.7 Å². The zero-order chi connectivity index (χ0) is 20.5. The fraction of sp³-hybridized carbons (Fsp3) is 0.435. The van der Waals surface area contributed by atoms with Crippen LogP contribution < -0.4 is 5.32 Å². The van der Waals surface area contributed by atoms with Crippen molar-refractivity contribution in [3.8, 4) is 0 Å². The number of amides is 1. The molecule has 0 bridgehead atoms. The van der Waals surface area contributed by atoms with Crippen LogP contribution in [0.25, 0.3) is 0 Å². The highest BCUT2D eigenvalue weighted by atomic mass is 32.2. The third kappa shape index (κ3) is 4.21. The number of fused-ring (bicyclic) bond motifs is 2. The normalized spacial score (nSPS) is 22.2. The fourth-order valence-corrected chi connectivity index (χ4v) is 6.24. The van der Waals surface area contributed by atoms with Gasteiger partial charge >= 0.3 is 0 Å². The number of carbonyl (C=O) groups is 1. The first kappa shape index (κ1) is 20.2. The van der Waals surface area contributed by atoms with Crippen LogP contribution in [-0.4, -0.2) is 54.0 Å². The summed E-state index contributed by atoms with van der Waals surface area (Å²) in [5.41, 5.74) is 3.69. The van der Waals surface area contributed by atoms with E-state index in [4.69, 9.17) is 4.74 Å². The zero-order valence-corrected chi connectivity index (χ0v) is 18.8. The Morgan fingerprint density at radius 1 is 1.13 bits per heavy atom. The van der Waals surface area contributed by atoms with Crippen molar-refractivity contribution >= 4 is 41.0 Å². The monoisotopic (exact) mass is 441 g/mol. The maximum Gasteiger partial charge on any atom is 0.251 e. The predicted molar refractivity (Wildman–Crippen MR) is 123 cm³/mol. The Kier molecular flexibility index (Phi) is 5.96. The summed E-state index contributed by atoms with van der Waals surface area (Å²) in [6, 6.07) is 15.2. The number of ether oxygens (including phenoxy) is 1. The van der Waals surface area contributed by atoms with Crippen molar-refractivity contribution in [3.63, 3.8) is 0 Å². The number of carbonyl (C=O) groups excluding carboxylic acids is 1. The lowest BCUT2D eigenvalue weighted by Crippen LogP contribution is -2.49. The van der Waals surface area contributed by atoms with E-state index in [1.54, 1.807) is 0 Å². The molecule has 3 heterocycles. The minimum atomic E-state index is -0.200. The lowest BCUT2D eigenvalue weighted by atomic mass is 10.1. The summed E-state index contributed by atoms with van der Waals surface area (Å²) >= 11 is 3.71. The van der Waals surface area contributed by atoms with E-state index in [0.29, 0.717) is 5.25 Å². The van der Waals surface area contributed by atoms with Crippen LogP contribution >= 0.6 is 23.7 Å². The molecular formula is C23H27N3O2S2. The third-order valence-electron chi connectivity index (χ3n) is 5.91. The average Bonchev–Trinajstić information content (AvgIpc) is 3.32. The van der Waals surface area contributed by atoms with E-state index in [9.17, 15) is 4.79 Å². The number of anilines is 2. The number of para-hydroxylation sites is 1. The predicted octanol–water partition coefficient (Wildman–Crippen LogP) is 4.93. The second-order valence-corrected chi connectivity index (χ2v) is 10.5. The molecule has 2 fully saturated rings. The van der Waals surface area contributed by atoms with Crippen molar-refractivity contribution in [2.75, 3.05) is 38.1 Å². The minimum absolute atomic E-state index is 0.184. The largest absolute Gasteiger partial charge is 0.368 e. The fourth-order valence-electron chi connectivity index (χ4n) is 4.18. The van der Waals surface area contributed by atoms with Crippen LogP contribution in [0.3, 0.4) is 0 Å². The van der Waals surface area contributed by atoms with E-state index in [1.807, 2.05) is 28.6 Å². The van der Waals surface area contributed by atoms with Gasteiger partial charge in [0.2, 0.25) is 0 Å². The summed E-state index contributed by atoms with van der Waals surface area (Å²) in [4.78, 5) is 17.1. The second-order valence-electron chi connectivity index (χ2n) is 7.98. The summed E-state index contributed by atoms with van der Waals surface area (Å²) in [7, 11) is 0. The van der Waals surface area contributed by atoms with Gasteiger partial charge in [-0.15, -0.1) is 0 Å². The van der Waals surface area contributed by atoms with Crippen LogP contribution in [0.1, 0.15) is 30.6 Å². The van der Waals surface area contributed by atoms with Gasteiger partial charge in [-0.3, -0.25) is 4.79 Å². The van der Waals surface area contributed by atoms with Crippen LogP contribution in [0.4, 0.5) is 11.4 Å². The molecule has 5 nitrogen and oxygen atoms in total. The molecule has 3 aliphatic rings. The van der Waals surface area contributed by atoms with Crippen molar-refractivity contribution in [1.29, 1.82) is 0 Å². The number of hydrogen-bond donors (Lipinski definition) is 1. The smallest absolute Gasteiger partial charge is 0.251 e. The van der Waals surface area contributed by atoms with Gasteiger partial charge in [-0.05, 0) is 49.6 Å². The highest BCUT2D eigenvalue weighted by Gasteiger charge is 2.31. The molecule has 30 heavy (non-hydrogen) atoms. The third-order valence-corrected chi connectivity index (χ3v) is 8.32. The number of rotatable bonds is 4. The minimum Gasteiger partial charge on any atom is -0.368 e. The van der Waals surface area contributed by atoms with E-state index in [-0.39, 0.29) is 12.0 Å². The van der Waals surface area contributed by atoms with Gasteiger partial charge < -0.3 is 15.0 Å². The van der Waals surface area contributed by atoms with E-state index < -0.39 is 0 Å². The summed E-state index contributed by atoms with van der Waals surface area (Å²) in [5.74, 6) is 0.184. The van der Waals surface area contributed by atoms with Gasteiger partial charge in [0.25, 0.3) is 5.91 Å². The topological polar surface area (TPSA) is 44.8 Å². The van der Waals surface area contributed by atoms with Gasteiger partial charge in [0.15, 0.2) is 0 Å². The molecule has 2 unspecified atom stereocenters. The molecule has 1 N–H and O–H groups in total. The molecule has 0 radical (unpaired) electrons. The van der Waals surface area contributed by atoms with Gasteiger partial charge in [0, 0.05) is 47.8 Å². The molecule has 2 atom stereocenters. The summed E-state index contributed by atoms with van der Waals surface area (Å²) in [6.45, 7) is 6.37. The van der Waals surface area contributed by atoms with Crippen molar-refractivity contribution < 1.29 is 9.53 Å². The van der Waals surface area contributed by atoms with Gasteiger partial charge in [-0.2, -0.15) is 0 Å². The van der Waals surface area contributed by atoms with E-state index in [2.05, 4.69) is 59.0 Å². The van der Waals surface area contributed by atoms with Gasteiger partial charge in [0.1, 0.15) is 6.10 Å². The zero-order valence-electron chi connectivity index (χ0n) is 17.2. The lowest BCUT2D eigenvalue weighted by Gasteiger charge is -2.36. The molecule has 1 amide bonds. The molecule has 0 saturated carbocycles. The van der Waals surface area contributed by atoms with Crippen LogP contribution in [0.5, 0.6) is 0 Å². The summed E-state index contributed by atoms with van der Waals surface area (Å²) < 4.78 is 7.97. The van der Waals surface area contributed by atoms with Crippen molar-refractivity contribution in [1.82, 2.24) is 9.21 Å². The number of nitrogens with zero attached hydrogens (tertiary/aromatic N) is 2. The number of hydrogen-bond acceptors (Lipinski definition) is 6. The molecular weight excluding hydrogens is 414 g/mol. The Balaban J connectivity index is 1.18. The maximum atomic E-state index is 12.5. The van der Waals surface area contributed by atoms with Gasteiger partial charge in [0.05, 0.1) is 11.4 Å². The quantitative estimate of drug-likeness (QED) is 0.580. The number of benzene rings is 2. The van der Waals surface area contributed by atoms with E-state index >= 15 is 0 Å². The SMILES string of the molecule is CC(SN1CCN(C(=O)C2CCCO2)CC1)c1ccc2c(c1)Nc1ccccc1S2. The standard InChI is InChI=1S/C23H27N3O2S2/c1-16(30-26-12-10-25(11-13-26)23(27)20-6-4-14-28-20)17-8-9-22-19(15-17)24-18-5-2-3-7-21(18)29-22/h2-3,5,7-9,15-16,20,24H,4,6,10-14H2,1H3. The van der Waals surface area contributed by atoms with Crippen molar-refractivity contribution in [2.24, 2.45) is 0 Å². The molecule has 5 rings (SSSR count). The molecule has 2 aromatic carbocycles. The Bertz CT molecular complexity index is 924. The molecule has 0 aromatic heterocycles. The molecule has 7 heteroatoms.